The van der Waals surface area contributed by atoms with Crippen LogP contribution in [0.4, 0.5) is 9.59 Å². The van der Waals surface area contributed by atoms with E-state index in [4.69, 9.17) is 9.47 Å². The van der Waals surface area contributed by atoms with E-state index in [1.54, 1.807) is 51.1 Å². The van der Waals surface area contributed by atoms with Gasteiger partial charge < -0.3 is 35.6 Å². The molecule has 0 fully saturated rings. The molecule has 11 heteroatoms. The largest absolute Gasteiger partial charge is 0.480 e. The monoisotopic (exact) mass is 453 g/mol. The van der Waals surface area contributed by atoms with Crippen LogP contribution in [0.15, 0.2) is 30.3 Å². The Labute approximate surface area is 186 Å². The molecule has 0 aliphatic heterocycles. The lowest BCUT2D eigenvalue weighted by molar-refractivity contribution is -0.142. The second-order valence-corrected chi connectivity index (χ2v) is 8.04. The van der Waals surface area contributed by atoms with Crippen LogP contribution in [0.3, 0.4) is 0 Å². The number of amides is 3. The number of aliphatic hydroxyl groups is 1. The number of aliphatic hydroxyl groups excluding tert-OH is 1. The minimum atomic E-state index is -1.45. The van der Waals surface area contributed by atoms with E-state index in [0.717, 1.165) is 5.56 Å². The Morgan fingerprint density at radius 2 is 1.66 bits per heavy atom. The normalized spacial score (nSPS) is 13.8. The Morgan fingerprint density at radius 1 is 1.03 bits per heavy atom. The molecule has 0 heterocycles. The zero-order valence-corrected chi connectivity index (χ0v) is 18.6. The number of carbonyl (C=O) groups is 4. The zero-order valence-electron chi connectivity index (χ0n) is 18.6. The Hall–Kier alpha value is -3.34. The Balaban J connectivity index is 2.59. The van der Waals surface area contributed by atoms with Crippen LogP contribution in [0.1, 0.15) is 39.7 Å². The van der Waals surface area contributed by atoms with Crippen molar-refractivity contribution in [2.24, 2.45) is 0 Å². The van der Waals surface area contributed by atoms with Crippen molar-refractivity contribution >= 4 is 24.1 Å². The molecular weight excluding hydrogens is 422 g/mol. The molecule has 3 amide bonds. The maximum absolute atomic E-state index is 12.5. The Kier molecular flexibility index (Phi) is 10.4. The molecule has 1 aromatic carbocycles. The summed E-state index contributed by atoms with van der Waals surface area (Å²) in [7, 11) is 0. The molecule has 0 radical (unpaired) electrons. The number of alkyl carbamates (subject to hydrolysis) is 2. The van der Waals surface area contributed by atoms with Crippen molar-refractivity contribution < 1.29 is 38.9 Å². The van der Waals surface area contributed by atoms with E-state index < -0.39 is 47.9 Å². The van der Waals surface area contributed by atoms with Crippen LogP contribution in [-0.4, -0.2) is 64.6 Å². The fourth-order valence-corrected chi connectivity index (χ4v) is 2.45. The highest BCUT2D eigenvalue weighted by atomic mass is 16.6. The van der Waals surface area contributed by atoms with Crippen LogP contribution in [-0.2, 0) is 25.7 Å². The zero-order chi connectivity index (χ0) is 24.3. The van der Waals surface area contributed by atoms with Gasteiger partial charge in [-0.25, -0.2) is 14.4 Å². The summed E-state index contributed by atoms with van der Waals surface area (Å²) in [5.74, 6) is -2.26. The van der Waals surface area contributed by atoms with E-state index in [1.165, 1.54) is 6.92 Å². The molecule has 32 heavy (non-hydrogen) atoms. The van der Waals surface area contributed by atoms with Gasteiger partial charge in [-0.15, -0.1) is 0 Å². The number of rotatable bonds is 10. The van der Waals surface area contributed by atoms with Crippen molar-refractivity contribution in [3.63, 3.8) is 0 Å². The summed E-state index contributed by atoms with van der Waals surface area (Å²) < 4.78 is 10.1. The lowest BCUT2D eigenvalue weighted by atomic mass is 10.1. The Morgan fingerprint density at radius 3 is 2.19 bits per heavy atom. The predicted octanol–water partition coefficient (Wildman–Crippen LogP) is 1.15. The van der Waals surface area contributed by atoms with Gasteiger partial charge in [0, 0.05) is 6.54 Å². The molecule has 0 unspecified atom stereocenters. The van der Waals surface area contributed by atoms with E-state index in [9.17, 15) is 29.4 Å². The molecule has 0 aromatic heterocycles. The number of hydrogen-bond donors (Lipinski definition) is 5. The number of hydrogen-bond acceptors (Lipinski definition) is 7. The molecule has 0 spiro atoms. The van der Waals surface area contributed by atoms with Gasteiger partial charge >= 0.3 is 18.2 Å². The maximum Gasteiger partial charge on any atom is 0.408 e. The van der Waals surface area contributed by atoms with E-state index in [2.05, 4.69) is 16.0 Å². The Bertz CT molecular complexity index is 777. The number of carboxylic acid groups (broad SMARTS) is 1. The third kappa shape index (κ3) is 10.6. The second-order valence-electron chi connectivity index (χ2n) is 8.04. The van der Waals surface area contributed by atoms with Crippen LogP contribution in [0.5, 0.6) is 0 Å². The van der Waals surface area contributed by atoms with Crippen LogP contribution >= 0.6 is 0 Å². The average Bonchev–Trinajstić information content (AvgIpc) is 2.68. The third-order valence-electron chi connectivity index (χ3n) is 3.97. The average molecular weight is 453 g/mol. The molecule has 0 bridgehead atoms. The van der Waals surface area contributed by atoms with E-state index >= 15 is 0 Å². The van der Waals surface area contributed by atoms with Crippen molar-refractivity contribution in [3.05, 3.63) is 35.9 Å². The topological polar surface area (TPSA) is 163 Å². The molecule has 0 aliphatic rings. The number of carboxylic acids is 1. The van der Waals surface area contributed by atoms with Crippen molar-refractivity contribution in [1.82, 2.24) is 16.0 Å². The maximum atomic E-state index is 12.5. The first-order chi connectivity index (χ1) is 14.9. The fourth-order valence-electron chi connectivity index (χ4n) is 2.45. The lowest BCUT2D eigenvalue weighted by Gasteiger charge is -2.23. The highest BCUT2D eigenvalue weighted by Gasteiger charge is 2.30. The van der Waals surface area contributed by atoms with Gasteiger partial charge in [0.2, 0.25) is 5.91 Å². The number of ether oxygens (including phenoxy) is 2. The van der Waals surface area contributed by atoms with Gasteiger partial charge in [0.1, 0.15) is 24.3 Å². The van der Waals surface area contributed by atoms with Crippen molar-refractivity contribution in [2.45, 2.75) is 64.5 Å². The molecule has 0 saturated heterocycles. The van der Waals surface area contributed by atoms with Crippen LogP contribution in [0, 0.1) is 0 Å². The quantitative estimate of drug-likeness (QED) is 0.352. The predicted molar refractivity (Wildman–Crippen MR) is 114 cm³/mol. The van der Waals surface area contributed by atoms with Gasteiger partial charge in [0.15, 0.2) is 0 Å². The van der Waals surface area contributed by atoms with Gasteiger partial charge in [-0.05, 0) is 39.7 Å². The van der Waals surface area contributed by atoms with Gasteiger partial charge in [-0.1, -0.05) is 30.3 Å². The van der Waals surface area contributed by atoms with Gasteiger partial charge in [-0.3, -0.25) is 4.79 Å². The molecule has 1 aromatic rings. The van der Waals surface area contributed by atoms with Crippen molar-refractivity contribution in [3.8, 4) is 0 Å². The summed E-state index contributed by atoms with van der Waals surface area (Å²) in [4.78, 5) is 47.6. The highest BCUT2D eigenvalue weighted by molar-refractivity contribution is 5.89. The number of carbonyl (C=O) groups excluding carboxylic acids is 3. The van der Waals surface area contributed by atoms with Gasteiger partial charge in [-0.2, -0.15) is 0 Å². The summed E-state index contributed by atoms with van der Waals surface area (Å²) in [6.45, 7) is 6.18. The fraction of sp³-hybridized carbons (Fsp3) is 0.524. The highest BCUT2D eigenvalue weighted by Crippen LogP contribution is 2.06. The number of benzene rings is 1. The minimum absolute atomic E-state index is 0.0467. The van der Waals surface area contributed by atoms with Crippen LogP contribution in [0.2, 0.25) is 0 Å². The first kappa shape index (κ1) is 26.7. The van der Waals surface area contributed by atoms with E-state index in [0.29, 0.717) is 0 Å². The molecular formula is C21H31N3O8. The summed E-state index contributed by atoms with van der Waals surface area (Å²) >= 11 is 0. The van der Waals surface area contributed by atoms with Gasteiger partial charge in [0.05, 0.1) is 6.10 Å². The molecule has 11 nitrogen and oxygen atoms in total. The molecule has 1 rings (SSSR count). The van der Waals surface area contributed by atoms with Crippen molar-refractivity contribution in [2.75, 3.05) is 6.54 Å². The smallest absolute Gasteiger partial charge is 0.408 e. The standard InChI is InChI=1S/C21H31N3O8/c1-13(25)16(24-20(30)31-12-14-8-6-5-7-9-14)17(26)23-15(18(27)28)10-11-22-19(29)32-21(2,3)4/h5-9,13,15-16,25H,10-12H2,1-4H3,(H,22,29)(H,23,26)(H,24,30)(H,27,28)/t13-,15-,16+/m0/s1. The first-order valence-corrected chi connectivity index (χ1v) is 10.0. The summed E-state index contributed by atoms with van der Waals surface area (Å²) in [6.07, 6.45) is -3.15. The van der Waals surface area contributed by atoms with Crippen LogP contribution < -0.4 is 16.0 Å². The molecule has 0 saturated carbocycles. The summed E-state index contributed by atoms with van der Waals surface area (Å²) in [5, 5.41) is 26.1. The number of nitrogens with one attached hydrogen (secondary N) is 3. The van der Waals surface area contributed by atoms with Gasteiger partial charge in [0.25, 0.3) is 0 Å². The van der Waals surface area contributed by atoms with E-state index in [1.807, 2.05) is 0 Å². The molecule has 3 atom stereocenters. The van der Waals surface area contributed by atoms with Crippen LogP contribution in [0.25, 0.3) is 0 Å². The summed E-state index contributed by atoms with van der Waals surface area (Å²) in [5.41, 5.74) is 0.0135. The third-order valence-corrected chi connectivity index (χ3v) is 3.97. The molecule has 0 aliphatic carbocycles. The summed E-state index contributed by atoms with van der Waals surface area (Å²) in [6, 6.07) is 6.02. The second kappa shape index (κ2) is 12.5. The number of aliphatic carboxylic acids is 1. The minimum Gasteiger partial charge on any atom is -0.480 e. The first-order valence-electron chi connectivity index (χ1n) is 10.0. The SMILES string of the molecule is C[C@H](O)[C@@H](NC(=O)OCc1ccccc1)C(=O)N[C@@H](CCNC(=O)OC(C)(C)C)C(=O)O. The lowest BCUT2D eigenvalue weighted by Crippen LogP contribution is -2.56. The van der Waals surface area contributed by atoms with E-state index in [-0.39, 0.29) is 19.6 Å². The van der Waals surface area contributed by atoms with Crippen molar-refractivity contribution in [1.29, 1.82) is 0 Å². The molecule has 178 valence electrons. The molecule has 5 N–H and O–H groups in total.